The van der Waals surface area contributed by atoms with Crippen molar-refractivity contribution in [1.29, 1.82) is 0 Å². The fourth-order valence-electron chi connectivity index (χ4n) is 3.85. The molecule has 1 atom stereocenters. The summed E-state index contributed by atoms with van der Waals surface area (Å²) in [5.41, 5.74) is 0.0139. The summed E-state index contributed by atoms with van der Waals surface area (Å²) in [6.07, 6.45) is 0.230. The minimum absolute atomic E-state index is 0.230. The maximum Gasteiger partial charge on any atom is 0.325 e. The second-order valence-electron chi connectivity index (χ2n) is 8.10. The van der Waals surface area contributed by atoms with Crippen LogP contribution in [0.25, 0.3) is 0 Å². The quantitative estimate of drug-likeness (QED) is 0.497. The van der Waals surface area contributed by atoms with Gasteiger partial charge in [-0.1, -0.05) is 48.5 Å². The Bertz CT molecular complexity index is 1210. The lowest BCUT2D eigenvalue weighted by Gasteiger charge is -2.22. The van der Waals surface area contributed by atoms with E-state index in [0.717, 1.165) is 10.5 Å². The molecule has 0 aliphatic carbocycles. The van der Waals surface area contributed by atoms with Crippen molar-refractivity contribution in [3.05, 3.63) is 84.4 Å². The third-order valence-corrected chi connectivity index (χ3v) is 5.52. The Labute approximate surface area is 197 Å². The van der Waals surface area contributed by atoms with E-state index < -0.39 is 29.9 Å². The summed E-state index contributed by atoms with van der Waals surface area (Å²) in [6.45, 7) is 1.21. The van der Waals surface area contributed by atoms with E-state index in [0.29, 0.717) is 22.9 Å². The number of methoxy groups -OCH3 is 1. The number of para-hydroxylation sites is 4. The Kier molecular flexibility index (Phi) is 6.49. The number of amides is 4. The smallest absolute Gasteiger partial charge is 0.325 e. The van der Waals surface area contributed by atoms with Crippen LogP contribution in [0.1, 0.15) is 12.5 Å². The van der Waals surface area contributed by atoms with Crippen molar-refractivity contribution in [2.45, 2.75) is 18.9 Å². The summed E-state index contributed by atoms with van der Waals surface area (Å²) >= 11 is 0. The molecule has 4 amide bonds. The molecule has 1 saturated heterocycles. The molecular formula is C26H25N3O5. The van der Waals surface area contributed by atoms with Gasteiger partial charge in [-0.15, -0.1) is 0 Å². The number of carbonyl (C=O) groups excluding carboxylic acids is 3. The Balaban J connectivity index is 1.45. The largest absolute Gasteiger partial charge is 0.496 e. The Morgan fingerprint density at radius 1 is 0.941 bits per heavy atom. The van der Waals surface area contributed by atoms with Crippen LogP contribution in [0.2, 0.25) is 0 Å². The fourth-order valence-corrected chi connectivity index (χ4v) is 3.85. The number of benzene rings is 3. The van der Waals surface area contributed by atoms with Crippen molar-refractivity contribution in [1.82, 2.24) is 10.2 Å². The van der Waals surface area contributed by atoms with E-state index >= 15 is 0 Å². The minimum Gasteiger partial charge on any atom is -0.496 e. The standard InChI is InChI=1S/C26H25N3O5/c1-26(16-18-10-6-8-14-21(18)33-2)24(31)29(25(32)28-26)17-23(30)27-20-13-7-9-15-22(20)34-19-11-4-3-5-12-19/h3-15H,16-17H2,1-2H3,(H,27,30)(H,28,32)/t26-/m1/s1. The van der Waals surface area contributed by atoms with Crippen LogP contribution < -0.4 is 20.1 Å². The van der Waals surface area contributed by atoms with Crippen molar-refractivity contribution in [3.8, 4) is 17.2 Å². The zero-order valence-corrected chi connectivity index (χ0v) is 18.9. The van der Waals surface area contributed by atoms with Crippen LogP contribution in [0.4, 0.5) is 10.5 Å². The first-order valence-corrected chi connectivity index (χ1v) is 10.8. The molecular weight excluding hydrogens is 434 g/mol. The third-order valence-electron chi connectivity index (χ3n) is 5.52. The van der Waals surface area contributed by atoms with Gasteiger partial charge in [-0.05, 0) is 42.8 Å². The van der Waals surface area contributed by atoms with Crippen LogP contribution in [0.15, 0.2) is 78.9 Å². The zero-order chi connectivity index (χ0) is 24.1. The number of anilines is 1. The second kappa shape index (κ2) is 9.66. The van der Waals surface area contributed by atoms with E-state index in [2.05, 4.69) is 10.6 Å². The third kappa shape index (κ3) is 4.85. The molecule has 0 saturated carbocycles. The molecule has 0 spiro atoms. The molecule has 8 heteroatoms. The molecule has 4 rings (SSSR count). The van der Waals surface area contributed by atoms with Gasteiger partial charge < -0.3 is 20.1 Å². The van der Waals surface area contributed by atoms with Crippen molar-refractivity contribution >= 4 is 23.5 Å². The number of urea groups is 1. The first-order chi connectivity index (χ1) is 16.4. The highest BCUT2D eigenvalue weighted by molar-refractivity contribution is 6.10. The molecule has 3 aromatic rings. The highest BCUT2D eigenvalue weighted by Crippen LogP contribution is 2.30. The number of hydrogen-bond donors (Lipinski definition) is 2. The summed E-state index contributed by atoms with van der Waals surface area (Å²) in [4.78, 5) is 39.4. The maximum atomic E-state index is 13.1. The lowest BCUT2D eigenvalue weighted by atomic mass is 9.92. The predicted molar refractivity (Wildman–Crippen MR) is 127 cm³/mol. The number of nitrogens with one attached hydrogen (secondary N) is 2. The van der Waals surface area contributed by atoms with Gasteiger partial charge in [0.05, 0.1) is 12.8 Å². The van der Waals surface area contributed by atoms with Crippen LogP contribution in [0.3, 0.4) is 0 Å². The van der Waals surface area contributed by atoms with Crippen LogP contribution in [0, 0.1) is 0 Å². The summed E-state index contributed by atoms with van der Waals surface area (Å²) in [6, 6.07) is 22.8. The molecule has 174 valence electrons. The topological polar surface area (TPSA) is 97.0 Å². The van der Waals surface area contributed by atoms with Gasteiger partial charge in [0, 0.05) is 6.42 Å². The highest BCUT2D eigenvalue weighted by atomic mass is 16.5. The second-order valence-corrected chi connectivity index (χ2v) is 8.10. The highest BCUT2D eigenvalue weighted by Gasteiger charge is 2.48. The number of imide groups is 1. The summed E-state index contributed by atoms with van der Waals surface area (Å²) in [5.74, 6) is 0.684. The summed E-state index contributed by atoms with van der Waals surface area (Å²) < 4.78 is 11.2. The van der Waals surface area contributed by atoms with Crippen molar-refractivity contribution < 1.29 is 23.9 Å². The van der Waals surface area contributed by atoms with E-state index in [1.807, 2.05) is 36.4 Å². The van der Waals surface area contributed by atoms with E-state index in [9.17, 15) is 14.4 Å². The first kappa shape index (κ1) is 22.8. The lowest BCUT2D eigenvalue weighted by molar-refractivity contribution is -0.133. The maximum absolute atomic E-state index is 13.1. The molecule has 1 aliphatic rings. The van der Waals surface area contributed by atoms with Gasteiger partial charge in [0.25, 0.3) is 5.91 Å². The zero-order valence-electron chi connectivity index (χ0n) is 18.9. The van der Waals surface area contributed by atoms with Gasteiger partial charge in [-0.3, -0.25) is 14.5 Å². The number of rotatable bonds is 8. The van der Waals surface area contributed by atoms with E-state index in [1.165, 1.54) is 0 Å². The number of nitrogens with zero attached hydrogens (tertiary/aromatic N) is 1. The molecule has 0 bridgehead atoms. The average molecular weight is 460 g/mol. The van der Waals surface area contributed by atoms with Crippen molar-refractivity contribution in [3.63, 3.8) is 0 Å². The van der Waals surface area contributed by atoms with Crippen LogP contribution in [0.5, 0.6) is 17.2 Å². The van der Waals surface area contributed by atoms with Gasteiger partial charge in [0.15, 0.2) is 5.75 Å². The average Bonchev–Trinajstić information content (AvgIpc) is 3.04. The van der Waals surface area contributed by atoms with Crippen molar-refractivity contribution in [2.75, 3.05) is 19.0 Å². The van der Waals surface area contributed by atoms with Gasteiger partial charge >= 0.3 is 6.03 Å². The minimum atomic E-state index is -1.19. The normalized spacial score (nSPS) is 17.3. The molecule has 0 aromatic heterocycles. The molecule has 1 fully saturated rings. The number of ether oxygens (including phenoxy) is 2. The molecule has 3 aromatic carbocycles. The van der Waals surface area contributed by atoms with Gasteiger partial charge in [-0.25, -0.2) is 4.79 Å². The number of carbonyl (C=O) groups is 3. The van der Waals surface area contributed by atoms with Crippen molar-refractivity contribution in [2.24, 2.45) is 0 Å². The molecule has 34 heavy (non-hydrogen) atoms. The molecule has 0 unspecified atom stereocenters. The number of hydrogen-bond acceptors (Lipinski definition) is 5. The SMILES string of the molecule is COc1ccccc1C[C@@]1(C)NC(=O)N(CC(=O)Nc2ccccc2Oc2ccccc2)C1=O. The predicted octanol–water partition coefficient (Wildman–Crippen LogP) is 3.98. The van der Waals surface area contributed by atoms with Gasteiger partial charge in [0.2, 0.25) is 5.91 Å². The molecule has 2 N–H and O–H groups in total. The fraction of sp³-hybridized carbons (Fsp3) is 0.192. The molecule has 8 nitrogen and oxygen atoms in total. The summed E-state index contributed by atoms with van der Waals surface area (Å²) in [7, 11) is 1.55. The van der Waals surface area contributed by atoms with Crippen LogP contribution in [-0.2, 0) is 16.0 Å². The lowest BCUT2D eigenvalue weighted by Crippen LogP contribution is -2.46. The van der Waals surface area contributed by atoms with E-state index in [4.69, 9.17) is 9.47 Å². The monoisotopic (exact) mass is 459 g/mol. The molecule has 0 radical (unpaired) electrons. The Morgan fingerprint density at radius 2 is 1.59 bits per heavy atom. The van der Waals surface area contributed by atoms with Gasteiger partial charge in [0.1, 0.15) is 23.6 Å². The van der Waals surface area contributed by atoms with Crippen LogP contribution >= 0.6 is 0 Å². The molecule has 1 heterocycles. The van der Waals surface area contributed by atoms with E-state index in [-0.39, 0.29) is 6.42 Å². The summed E-state index contributed by atoms with van der Waals surface area (Å²) in [5, 5.41) is 5.46. The molecule has 1 aliphatic heterocycles. The van der Waals surface area contributed by atoms with Gasteiger partial charge in [-0.2, -0.15) is 0 Å². The Hall–Kier alpha value is -4.33. The first-order valence-electron chi connectivity index (χ1n) is 10.8. The van der Waals surface area contributed by atoms with Crippen LogP contribution in [-0.4, -0.2) is 41.9 Å². The van der Waals surface area contributed by atoms with E-state index in [1.54, 1.807) is 56.5 Å². The Morgan fingerprint density at radius 3 is 2.32 bits per heavy atom.